The van der Waals surface area contributed by atoms with Gasteiger partial charge in [-0.05, 0) is 84.0 Å². The molecule has 7 heteroatoms. The molecule has 0 bridgehead atoms. The third-order valence-corrected chi connectivity index (χ3v) is 10.2. The molecular formula is C45H31N5OPt. The predicted molar refractivity (Wildman–Crippen MR) is 206 cm³/mol. The summed E-state index contributed by atoms with van der Waals surface area (Å²) in [5.74, 6) is 1.17. The van der Waals surface area contributed by atoms with E-state index in [-0.39, 0.29) is 21.1 Å². The molecule has 252 valence electrons. The molecule has 0 amide bonds. The molecule has 0 saturated carbocycles. The Morgan fingerprint density at radius 2 is 1.17 bits per heavy atom. The Kier molecular flexibility index (Phi) is 7.49. The van der Waals surface area contributed by atoms with Crippen LogP contribution in [0.3, 0.4) is 0 Å². The fourth-order valence-corrected chi connectivity index (χ4v) is 7.98. The van der Waals surface area contributed by atoms with E-state index >= 15 is 0 Å². The molecule has 10 rings (SSSR count). The second-order valence-corrected chi connectivity index (χ2v) is 13.4. The van der Waals surface area contributed by atoms with Crippen LogP contribution in [0.25, 0.3) is 77.2 Å². The SMILES string of the molecule is Cc1cccc(C)c1-c1ccc2c3ccc(Oc4[c-]c5c(cc4)c4cccnc4n4ccnc54)[c-]c3c3ncc(-c4c(C)cccc4C)n3c2c1.[Pt+2]. The van der Waals surface area contributed by atoms with Crippen LogP contribution in [0.5, 0.6) is 11.5 Å². The largest absolute Gasteiger partial charge is 2.00 e. The molecule has 10 aromatic rings. The molecule has 5 aromatic heterocycles. The molecule has 0 aliphatic rings. The first-order chi connectivity index (χ1) is 24.9. The van der Waals surface area contributed by atoms with Crippen LogP contribution in [0.1, 0.15) is 22.3 Å². The van der Waals surface area contributed by atoms with Crippen molar-refractivity contribution in [1.29, 1.82) is 0 Å². The van der Waals surface area contributed by atoms with Gasteiger partial charge in [0.1, 0.15) is 5.65 Å². The van der Waals surface area contributed by atoms with Gasteiger partial charge in [0.2, 0.25) is 0 Å². The van der Waals surface area contributed by atoms with Crippen molar-refractivity contribution in [3.8, 4) is 33.9 Å². The first-order valence-corrected chi connectivity index (χ1v) is 17.1. The zero-order chi connectivity index (χ0) is 34.4. The van der Waals surface area contributed by atoms with Crippen LogP contribution in [-0.2, 0) is 21.1 Å². The summed E-state index contributed by atoms with van der Waals surface area (Å²) >= 11 is 0. The molecule has 52 heavy (non-hydrogen) atoms. The zero-order valence-electron chi connectivity index (χ0n) is 28.9. The number of imidazole rings is 2. The molecule has 0 spiro atoms. The van der Waals surface area contributed by atoms with Gasteiger partial charge in [-0.25, -0.2) is 4.98 Å². The topological polar surface area (TPSA) is 56.7 Å². The van der Waals surface area contributed by atoms with Crippen molar-refractivity contribution in [2.45, 2.75) is 27.7 Å². The van der Waals surface area contributed by atoms with E-state index in [1.54, 1.807) is 12.4 Å². The van der Waals surface area contributed by atoms with Gasteiger partial charge in [-0.2, -0.15) is 0 Å². The van der Waals surface area contributed by atoms with Gasteiger partial charge in [0.05, 0.1) is 17.0 Å². The minimum absolute atomic E-state index is 0. The van der Waals surface area contributed by atoms with E-state index in [9.17, 15) is 0 Å². The van der Waals surface area contributed by atoms with Gasteiger partial charge >= 0.3 is 21.1 Å². The van der Waals surface area contributed by atoms with E-state index in [2.05, 4.69) is 127 Å². The normalized spacial score (nSPS) is 11.7. The zero-order valence-corrected chi connectivity index (χ0v) is 31.2. The maximum atomic E-state index is 6.53. The minimum Gasteiger partial charge on any atom is -0.497 e. The monoisotopic (exact) mass is 852 g/mol. The number of ether oxygens (including phenoxy) is 1. The number of pyridine rings is 3. The average molecular weight is 853 g/mol. The fourth-order valence-electron chi connectivity index (χ4n) is 7.98. The van der Waals surface area contributed by atoms with Crippen LogP contribution in [0.4, 0.5) is 0 Å². The summed E-state index contributed by atoms with van der Waals surface area (Å²) in [6, 6.07) is 39.0. The van der Waals surface area contributed by atoms with E-state index in [0.717, 1.165) is 60.5 Å². The number of hydrogen-bond acceptors (Lipinski definition) is 4. The quantitative estimate of drug-likeness (QED) is 0.131. The van der Waals surface area contributed by atoms with Crippen molar-refractivity contribution in [1.82, 2.24) is 23.8 Å². The van der Waals surface area contributed by atoms with Crippen molar-refractivity contribution < 1.29 is 25.8 Å². The van der Waals surface area contributed by atoms with Gasteiger partial charge in [0, 0.05) is 47.4 Å². The Morgan fingerprint density at radius 1 is 0.558 bits per heavy atom. The van der Waals surface area contributed by atoms with E-state index < -0.39 is 0 Å². The molecule has 0 fully saturated rings. The van der Waals surface area contributed by atoms with Crippen molar-refractivity contribution in [2.24, 2.45) is 0 Å². The number of aryl methyl sites for hydroxylation is 4. The summed E-state index contributed by atoms with van der Waals surface area (Å²) < 4.78 is 10.8. The minimum atomic E-state index is 0. The van der Waals surface area contributed by atoms with Crippen LogP contribution in [-0.4, -0.2) is 23.8 Å². The number of nitrogens with zero attached hydrogens (tertiary/aromatic N) is 5. The van der Waals surface area contributed by atoms with Gasteiger partial charge < -0.3 is 13.5 Å². The molecule has 0 aliphatic heterocycles. The number of rotatable bonds is 4. The van der Waals surface area contributed by atoms with Crippen molar-refractivity contribution in [2.75, 3.05) is 0 Å². The van der Waals surface area contributed by atoms with E-state index in [1.807, 2.05) is 35.0 Å². The number of aromatic nitrogens is 5. The van der Waals surface area contributed by atoms with E-state index in [0.29, 0.717) is 11.5 Å². The average Bonchev–Trinajstić information content (AvgIpc) is 3.81. The smallest absolute Gasteiger partial charge is 0.497 e. The van der Waals surface area contributed by atoms with E-state index in [1.165, 1.54) is 38.9 Å². The Morgan fingerprint density at radius 3 is 1.88 bits per heavy atom. The van der Waals surface area contributed by atoms with Crippen LogP contribution in [0.2, 0.25) is 0 Å². The van der Waals surface area contributed by atoms with Gasteiger partial charge in [0.15, 0.2) is 0 Å². The summed E-state index contributed by atoms with van der Waals surface area (Å²) in [5, 5.41) is 6.02. The molecule has 0 aliphatic carbocycles. The first-order valence-electron chi connectivity index (χ1n) is 17.1. The van der Waals surface area contributed by atoms with Crippen LogP contribution < -0.4 is 4.74 Å². The molecule has 0 radical (unpaired) electrons. The van der Waals surface area contributed by atoms with Crippen molar-refractivity contribution in [3.05, 3.63) is 150 Å². The van der Waals surface area contributed by atoms with Crippen LogP contribution >= 0.6 is 0 Å². The summed E-state index contributed by atoms with van der Waals surface area (Å²) in [5.41, 5.74) is 13.2. The summed E-state index contributed by atoms with van der Waals surface area (Å²) in [7, 11) is 0. The Balaban J connectivity index is 0.00000360. The molecule has 6 nitrogen and oxygen atoms in total. The molecule has 5 heterocycles. The molecule has 5 aromatic carbocycles. The van der Waals surface area contributed by atoms with Gasteiger partial charge in [-0.1, -0.05) is 100 Å². The summed E-state index contributed by atoms with van der Waals surface area (Å²) in [6.45, 7) is 8.70. The number of benzene rings is 5. The third-order valence-electron chi connectivity index (χ3n) is 10.2. The Labute approximate surface area is 314 Å². The second kappa shape index (κ2) is 12.1. The predicted octanol–water partition coefficient (Wildman–Crippen LogP) is 10.9. The summed E-state index contributed by atoms with van der Waals surface area (Å²) in [6.07, 6.45) is 7.53. The summed E-state index contributed by atoms with van der Waals surface area (Å²) in [4.78, 5) is 14.4. The molecule has 0 saturated heterocycles. The van der Waals surface area contributed by atoms with Crippen molar-refractivity contribution in [3.63, 3.8) is 0 Å². The van der Waals surface area contributed by atoms with Gasteiger partial charge in [-0.3, -0.25) is 9.97 Å². The molecule has 0 unspecified atom stereocenters. The maximum absolute atomic E-state index is 6.53. The van der Waals surface area contributed by atoms with Crippen molar-refractivity contribution >= 4 is 54.8 Å². The fraction of sp³-hybridized carbons (Fsp3) is 0.0889. The third kappa shape index (κ3) is 4.78. The van der Waals surface area contributed by atoms with Gasteiger partial charge in [0.25, 0.3) is 0 Å². The Bertz CT molecular complexity index is 3030. The standard InChI is InChI=1S/C45H31N5O.Pt/c1-26-8-5-9-27(2)41(26)30-13-16-35-33-17-14-32(24-38(33)45-48-25-40(50(45)39(35)22-30)42-28(3)10-6-11-29(42)4)51-31-15-18-34-36-12-7-19-46-43(36)49-21-20-47-44(49)37(34)23-31;/h5-22,25H,1-4H3;/q-2;+2. The second-order valence-electron chi connectivity index (χ2n) is 13.4. The maximum Gasteiger partial charge on any atom is 2.00 e. The molecule has 0 N–H and O–H groups in total. The van der Waals surface area contributed by atoms with Crippen LogP contribution in [0.15, 0.2) is 116 Å². The number of fused-ring (bicyclic) bond motifs is 12. The Hall–Kier alpha value is -5.84. The molecular weight excluding hydrogens is 822 g/mol. The molecule has 0 atom stereocenters. The number of hydrogen-bond donors (Lipinski definition) is 0. The van der Waals surface area contributed by atoms with Crippen LogP contribution in [0, 0.1) is 39.8 Å². The van der Waals surface area contributed by atoms with Gasteiger partial charge in [-0.15, -0.1) is 12.1 Å². The first kappa shape index (κ1) is 32.1. The van der Waals surface area contributed by atoms with E-state index in [4.69, 9.17) is 9.72 Å².